The molecule has 0 aliphatic rings. The lowest BCUT2D eigenvalue weighted by molar-refractivity contribution is 0.214. The summed E-state index contributed by atoms with van der Waals surface area (Å²) in [4.78, 5) is 2.44. The molecule has 0 aromatic heterocycles. The van der Waals surface area contributed by atoms with Crippen molar-refractivity contribution in [1.82, 2.24) is 10.2 Å². The minimum Gasteiger partial charge on any atom is -0.300 e. The van der Waals surface area contributed by atoms with Crippen molar-refractivity contribution in [2.45, 2.75) is 65.3 Å². The molecule has 1 N–H and O–H groups in total. The van der Waals surface area contributed by atoms with E-state index in [9.17, 15) is 5.26 Å². The lowest BCUT2D eigenvalue weighted by atomic mass is 10.0. The Labute approximate surface area is 114 Å². The maximum Gasteiger partial charge on any atom is 0.116 e. The van der Waals surface area contributed by atoms with Crippen LogP contribution in [-0.4, -0.2) is 36.6 Å². The van der Waals surface area contributed by atoms with Crippen LogP contribution in [0.3, 0.4) is 0 Å². The summed E-state index contributed by atoms with van der Waals surface area (Å²) < 4.78 is 0. The Kier molecular flexibility index (Phi) is 10.0. The van der Waals surface area contributed by atoms with Crippen molar-refractivity contribution in [1.29, 1.82) is 5.26 Å². The molecule has 1 unspecified atom stereocenters. The van der Waals surface area contributed by atoms with Gasteiger partial charge in [-0.15, -0.1) is 0 Å². The Bertz CT molecular complexity index is 226. The smallest absolute Gasteiger partial charge is 0.116 e. The van der Waals surface area contributed by atoms with Gasteiger partial charge in [0.1, 0.15) is 5.54 Å². The standard InChI is InChI=1S/C15H31N3/c1-5-8-11-18(12-9-6-2)14-15(4,13-16)17-10-7-3/h17H,5-12,14H2,1-4H3. The van der Waals surface area contributed by atoms with Crippen LogP contribution in [0.5, 0.6) is 0 Å². The molecule has 0 fully saturated rings. The number of rotatable bonds is 11. The molecule has 0 bridgehead atoms. The van der Waals surface area contributed by atoms with Gasteiger partial charge < -0.3 is 4.90 Å². The zero-order chi connectivity index (χ0) is 13.9. The summed E-state index contributed by atoms with van der Waals surface area (Å²) in [7, 11) is 0. The molecule has 0 heterocycles. The van der Waals surface area contributed by atoms with Gasteiger partial charge in [0.15, 0.2) is 0 Å². The summed E-state index contributed by atoms with van der Waals surface area (Å²) in [5.74, 6) is 0. The van der Waals surface area contributed by atoms with Gasteiger partial charge in [-0.2, -0.15) is 5.26 Å². The molecule has 0 amide bonds. The fourth-order valence-electron chi connectivity index (χ4n) is 2.01. The molecular weight excluding hydrogens is 222 g/mol. The molecule has 0 aromatic carbocycles. The maximum atomic E-state index is 9.37. The quantitative estimate of drug-likeness (QED) is 0.615. The molecule has 106 valence electrons. The summed E-state index contributed by atoms with van der Waals surface area (Å²) in [6.45, 7) is 12.6. The number of nitrogens with one attached hydrogen (secondary N) is 1. The van der Waals surface area contributed by atoms with Gasteiger partial charge >= 0.3 is 0 Å². The highest BCUT2D eigenvalue weighted by Gasteiger charge is 2.25. The Balaban J connectivity index is 4.35. The lowest BCUT2D eigenvalue weighted by Gasteiger charge is -2.31. The van der Waals surface area contributed by atoms with Crippen molar-refractivity contribution < 1.29 is 0 Å². The molecule has 18 heavy (non-hydrogen) atoms. The molecule has 0 saturated carbocycles. The molecule has 3 nitrogen and oxygen atoms in total. The van der Waals surface area contributed by atoms with Crippen LogP contribution in [0, 0.1) is 11.3 Å². The van der Waals surface area contributed by atoms with Gasteiger partial charge in [0.2, 0.25) is 0 Å². The summed E-state index contributed by atoms with van der Waals surface area (Å²) >= 11 is 0. The number of nitrogens with zero attached hydrogens (tertiary/aromatic N) is 2. The van der Waals surface area contributed by atoms with E-state index in [4.69, 9.17) is 0 Å². The zero-order valence-electron chi connectivity index (χ0n) is 12.8. The van der Waals surface area contributed by atoms with Crippen LogP contribution in [0.4, 0.5) is 0 Å². The van der Waals surface area contributed by atoms with Gasteiger partial charge in [-0.1, -0.05) is 33.6 Å². The van der Waals surface area contributed by atoms with Crippen LogP contribution in [0.25, 0.3) is 0 Å². The molecule has 0 saturated heterocycles. The summed E-state index contributed by atoms with van der Waals surface area (Å²) in [5.41, 5.74) is -0.405. The molecule has 0 aliphatic heterocycles. The first-order valence-electron chi connectivity index (χ1n) is 7.50. The highest BCUT2D eigenvalue weighted by Crippen LogP contribution is 2.08. The minimum absolute atomic E-state index is 0.405. The van der Waals surface area contributed by atoms with E-state index in [0.717, 1.165) is 32.6 Å². The van der Waals surface area contributed by atoms with Crippen molar-refractivity contribution in [3.05, 3.63) is 0 Å². The monoisotopic (exact) mass is 253 g/mol. The van der Waals surface area contributed by atoms with Gasteiger partial charge in [-0.3, -0.25) is 5.32 Å². The van der Waals surface area contributed by atoms with E-state index in [0.29, 0.717) is 0 Å². The molecule has 3 heteroatoms. The van der Waals surface area contributed by atoms with Crippen LogP contribution < -0.4 is 5.32 Å². The second kappa shape index (κ2) is 10.3. The summed E-state index contributed by atoms with van der Waals surface area (Å²) in [5, 5.41) is 12.7. The van der Waals surface area contributed by atoms with Gasteiger partial charge in [0.05, 0.1) is 6.07 Å². The molecule has 1 atom stereocenters. The SMILES string of the molecule is CCCCN(CCCC)CC(C)(C#N)NCCC. The van der Waals surface area contributed by atoms with E-state index in [1.807, 2.05) is 6.92 Å². The first-order chi connectivity index (χ1) is 8.61. The van der Waals surface area contributed by atoms with Gasteiger partial charge in [-0.25, -0.2) is 0 Å². The molecule has 0 aliphatic carbocycles. The van der Waals surface area contributed by atoms with Crippen molar-refractivity contribution in [2.75, 3.05) is 26.2 Å². The highest BCUT2D eigenvalue weighted by atomic mass is 15.2. The molecule has 0 aromatic rings. The van der Waals surface area contributed by atoms with Crippen LogP contribution in [0.2, 0.25) is 0 Å². The van der Waals surface area contributed by atoms with Crippen LogP contribution >= 0.6 is 0 Å². The topological polar surface area (TPSA) is 39.1 Å². The van der Waals surface area contributed by atoms with E-state index in [1.54, 1.807) is 0 Å². The Hall–Kier alpha value is -0.590. The second-order valence-corrected chi connectivity index (χ2v) is 5.35. The van der Waals surface area contributed by atoms with Crippen LogP contribution in [0.15, 0.2) is 0 Å². The van der Waals surface area contributed by atoms with Crippen LogP contribution in [0.1, 0.15) is 59.8 Å². The zero-order valence-corrected chi connectivity index (χ0v) is 12.8. The maximum absolute atomic E-state index is 9.37. The molecular formula is C15H31N3. The van der Waals surface area contributed by atoms with Crippen molar-refractivity contribution in [3.8, 4) is 6.07 Å². The van der Waals surface area contributed by atoms with E-state index in [2.05, 4.69) is 37.1 Å². The number of unbranched alkanes of at least 4 members (excludes halogenated alkanes) is 2. The first kappa shape index (κ1) is 17.4. The number of hydrogen-bond donors (Lipinski definition) is 1. The fourth-order valence-corrected chi connectivity index (χ4v) is 2.01. The molecule has 0 radical (unpaired) electrons. The average Bonchev–Trinajstić information content (AvgIpc) is 2.39. The molecule has 0 rings (SSSR count). The Morgan fingerprint density at radius 1 is 1.06 bits per heavy atom. The number of hydrogen-bond acceptors (Lipinski definition) is 3. The van der Waals surface area contributed by atoms with Gasteiger partial charge in [-0.05, 0) is 45.8 Å². The average molecular weight is 253 g/mol. The molecule has 0 spiro atoms. The first-order valence-corrected chi connectivity index (χ1v) is 7.50. The van der Waals surface area contributed by atoms with Crippen molar-refractivity contribution in [2.24, 2.45) is 0 Å². The van der Waals surface area contributed by atoms with E-state index >= 15 is 0 Å². The summed E-state index contributed by atoms with van der Waals surface area (Å²) in [6, 6.07) is 2.44. The number of nitriles is 1. The lowest BCUT2D eigenvalue weighted by Crippen LogP contribution is -2.51. The third-order valence-corrected chi connectivity index (χ3v) is 3.21. The van der Waals surface area contributed by atoms with E-state index in [1.165, 1.54) is 25.7 Å². The predicted octanol–water partition coefficient (Wildman–Crippen LogP) is 3.17. The van der Waals surface area contributed by atoms with Gasteiger partial charge in [0.25, 0.3) is 0 Å². The van der Waals surface area contributed by atoms with E-state index < -0.39 is 5.54 Å². The van der Waals surface area contributed by atoms with Crippen molar-refractivity contribution >= 4 is 0 Å². The van der Waals surface area contributed by atoms with Crippen LogP contribution in [-0.2, 0) is 0 Å². The van der Waals surface area contributed by atoms with E-state index in [-0.39, 0.29) is 0 Å². The fraction of sp³-hybridized carbons (Fsp3) is 0.933. The largest absolute Gasteiger partial charge is 0.300 e. The Morgan fingerprint density at radius 3 is 2.00 bits per heavy atom. The Morgan fingerprint density at radius 2 is 1.61 bits per heavy atom. The third-order valence-electron chi connectivity index (χ3n) is 3.21. The minimum atomic E-state index is -0.405. The highest BCUT2D eigenvalue weighted by molar-refractivity contribution is 5.05. The van der Waals surface area contributed by atoms with Crippen molar-refractivity contribution in [3.63, 3.8) is 0 Å². The third kappa shape index (κ3) is 7.68. The summed E-state index contributed by atoms with van der Waals surface area (Å²) in [6.07, 6.45) is 5.95. The second-order valence-electron chi connectivity index (χ2n) is 5.35. The normalized spacial score (nSPS) is 14.4. The predicted molar refractivity (Wildman–Crippen MR) is 78.6 cm³/mol. The van der Waals surface area contributed by atoms with Gasteiger partial charge in [0, 0.05) is 6.54 Å².